The summed E-state index contributed by atoms with van der Waals surface area (Å²) in [4.78, 5) is 23.9. The third-order valence-electron chi connectivity index (χ3n) is 4.73. The first kappa shape index (κ1) is 20.1. The molecule has 0 bridgehead atoms. The number of nitrogens with zero attached hydrogens (tertiary/aromatic N) is 4. The van der Waals surface area contributed by atoms with Crippen molar-refractivity contribution in [2.75, 3.05) is 12.4 Å². The standard InChI is InChI=1S/C18H19ClN6O3Se/c1-20-17(28)14-12(26)13(27)18(29-14)25-8-24-11-15(22-7-23-16(11)25)21-6-9-3-2-4-10(19)5-9/h2-5,7-8,12-14,18,26-27H,6H2,1H3,(H,20,28)(H,21,22,23)/t12-,13+,14-,18+/m0/s1. The molecule has 1 aliphatic heterocycles. The van der Waals surface area contributed by atoms with Gasteiger partial charge in [-0.05, 0) is 0 Å². The number of hydrogen-bond donors (Lipinski definition) is 4. The second-order valence-corrected chi connectivity index (χ2v) is 9.66. The van der Waals surface area contributed by atoms with Gasteiger partial charge in [0.25, 0.3) is 0 Å². The number of aromatic nitrogens is 4. The number of amides is 1. The van der Waals surface area contributed by atoms with Gasteiger partial charge in [-0.1, -0.05) is 0 Å². The molecule has 9 nitrogen and oxygen atoms in total. The number of halogens is 1. The van der Waals surface area contributed by atoms with Crippen molar-refractivity contribution in [1.82, 2.24) is 24.8 Å². The summed E-state index contributed by atoms with van der Waals surface area (Å²) in [6, 6.07) is 7.50. The Labute approximate surface area is 177 Å². The van der Waals surface area contributed by atoms with Gasteiger partial charge >= 0.3 is 178 Å². The molecule has 1 aromatic carbocycles. The van der Waals surface area contributed by atoms with Crippen LogP contribution in [0.25, 0.3) is 11.2 Å². The summed E-state index contributed by atoms with van der Waals surface area (Å²) < 4.78 is 1.72. The third kappa shape index (κ3) is 3.82. The number of carbonyl (C=O) groups excluding carboxylic acids is 1. The van der Waals surface area contributed by atoms with Crippen LogP contribution in [0.4, 0.5) is 5.82 Å². The van der Waals surface area contributed by atoms with E-state index in [2.05, 4.69) is 25.6 Å². The molecule has 0 saturated carbocycles. The molecule has 0 aliphatic carbocycles. The Balaban J connectivity index is 1.60. The van der Waals surface area contributed by atoms with Crippen LogP contribution in [-0.4, -0.2) is 69.9 Å². The van der Waals surface area contributed by atoms with Crippen LogP contribution in [0.2, 0.25) is 9.84 Å². The summed E-state index contributed by atoms with van der Waals surface area (Å²) in [5.41, 5.74) is 2.08. The second kappa shape index (κ2) is 8.25. The van der Waals surface area contributed by atoms with Gasteiger partial charge in [0, 0.05) is 0 Å². The number of rotatable bonds is 5. The number of carbonyl (C=O) groups is 1. The number of anilines is 1. The molecule has 0 spiro atoms. The van der Waals surface area contributed by atoms with Crippen LogP contribution < -0.4 is 10.6 Å². The van der Waals surface area contributed by atoms with Crippen LogP contribution in [0.3, 0.4) is 0 Å². The number of nitrogens with one attached hydrogen (secondary N) is 2. The van der Waals surface area contributed by atoms with E-state index in [9.17, 15) is 15.0 Å². The van der Waals surface area contributed by atoms with Gasteiger partial charge in [0.15, 0.2) is 0 Å². The molecule has 1 aliphatic rings. The van der Waals surface area contributed by atoms with E-state index in [1.54, 1.807) is 10.9 Å². The Morgan fingerprint density at radius 2 is 2.10 bits per heavy atom. The van der Waals surface area contributed by atoms with E-state index in [4.69, 9.17) is 11.6 Å². The zero-order valence-electron chi connectivity index (χ0n) is 15.4. The summed E-state index contributed by atoms with van der Waals surface area (Å²) >= 11 is 5.64. The van der Waals surface area contributed by atoms with Crippen molar-refractivity contribution >= 4 is 49.4 Å². The molecule has 1 amide bonds. The first-order valence-corrected chi connectivity index (χ1v) is 11.2. The molecule has 29 heavy (non-hydrogen) atoms. The van der Waals surface area contributed by atoms with E-state index in [1.165, 1.54) is 13.4 Å². The molecule has 4 N–H and O–H groups in total. The van der Waals surface area contributed by atoms with Crippen molar-refractivity contribution in [3.05, 3.63) is 47.5 Å². The van der Waals surface area contributed by atoms with Crippen LogP contribution in [0.5, 0.6) is 0 Å². The average Bonchev–Trinajstić information content (AvgIpc) is 3.28. The molecule has 3 aromatic rings. The fourth-order valence-electron chi connectivity index (χ4n) is 3.25. The fraction of sp³-hybridized carbons (Fsp3) is 0.333. The molecular weight excluding hydrogens is 463 g/mol. The molecule has 0 unspecified atom stereocenters. The van der Waals surface area contributed by atoms with E-state index in [-0.39, 0.29) is 20.9 Å². The minimum atomic E-state index is -1.13. The van der Waals surface area contributed by atoms with Crippen LogP contribution >= 0.6 is 11.6 Å². The predicted octanol–water partition coefficient (Wildman–Crippen LogP) is 0.564. The minimum absolute atomic E-state index is 0.276. The van der Waals surface area contributed by atoms with Crippen LogP contribution in [0.15, 0.2) is 36.9 Å². The number of aliphatic hydroxyl groups is 2. The van der Waals surface area contributed by atoms with Gasteiger partial charge < -0.3 is 0 Å². The van der Waals surface area contributed by atoms with Gasteiger partial charge in [0.05, 0.1) is 0 Å². The van der Waals surface area contributed by atoms with Gasteiger partial charge in [-0.3, -0.25) is 0 Å². The van der Waals surface area contributed by atoms with E-state index in [1.807, 2.05) is 24.3 Å². The van der Waals surface area contributed by atoms with Crippen molar-refractivity contribution in [2.24, 2.45) is 0 Å². The Hall–Kier alpha value is -2.23. The molecule has 1 saturated heterocycles. The fourth-order valence-corrected chi connectivity index (χ4v) is 6.55. The molecule has 4 atom stereocenters. The first-order chi connectivity index (χ1) is 14.0. The molecule has 152 valence electrons. The van der Waals surface area contributed by atoms with Crippen molar-refractivity contribution in [3.63, 3.8) is 0 Å². The maximum absolute atomic E-state index is 12.0. The van der Waals surface area contributed by atoms with Gasteiger partial charge in [-0.25, -0.2) is 0 Å². The number of benzene rings is 1. The number of aliphatic hydroxyl groups excluding tert-OH is 2. The molecule has 0 radical (unpaired) electrons. The van der Waals surface area contributed by atoms with Gasteiger partial charge in [0.1, 0.15) is 0 Å². The summed E-state index contributed by atoms with van der Waals surface area (Å²) in [6.07, 6.45) is 0.785. The topological polar surface area (TPSA) is 125 Å². The quantitative estimate of drug-likeness (QED) is 0.392. The number of hydrogen-bond acceptors (Lipinski definition) is 7. The normalized spacial score (nSPS) is 24.0. The van der Waals surface area contributed by atoms with Crippen molar-refractivity contribution < 1.29 is 15.0 Å². The van der Waals surface area contributed by atoms with E-state index < -0.39 is 22.0 Å². The monoisotopic (exact) mass is 482 g/mol. The summed E-state index contributed by atoms with van der Waals surface area (Å²) in [6.45, 7) is 0.507. The maximum atomic E-state index is 12.0. The Bertz CT molecular complexity index is 1050. The second-order valence-electron chi connectivity index (χ2n) is 6.57. The number of imidazole rings is 1. The molecule has 1 fully saturated rings. The summed E-state index contributed by atoms with van der Waals surface area (Å²) in [7, 11) is 1.52. The third-order valence-corrected chi connectivity index (χ3v) is 8.26. The zero-order valence-corrected chi connectivity index (χ0v) is 17.8. The summed E-state index contributed by atoms with van der Waals surface area (Å²) in [5.74, 6) is 0.277. The van der Waals surface area contributed by atoms with Crippen LogP contribution in [0.1, 0.15) is 10.5 Å². The van der Waals surface area contributed by atoms with Crippen LogP contribution in [-0.2, 0) is 11.3 Å². The number of fused-ring (bicyclic) bond motifs is 1. The predicted molar refractivity (Wildman–Crippen MR) is 109 cm³/mol. The van der Waals surface area contributed by atoms with Crippen LogP contribution in [0, 0.1) is 0 Å². The Morgan fingerprint density at radius 3 is 2.86 bits per heavy atom. The molecule has 4 rings (SSSR count). The SMILES string of the molecule is CNC(=O)[C@H]1[Se][C@@H](n2cnc3c(NCc4cccc(Cl)c4)ncnc32)[C@H](O)[C@@H]1O. The summed E-state index contributed by atoms with van der Waals surface area (Å²) in [5, 5.41) is 27.3. The van der Waals surface area contributed by atoms with Gasteiger partial charge in [-0.2, -0.15) is 0 Å². The van der Waals surface area contributed by atoms with Crippen molar-refractivity contribution in [3.8, 4) is 0 Å². The first-order valence-electron chi connectivity index (χ1n) is 8.88. The van der Waals surface area contributed by atoms with E-state index in [0.717, 1.165) is 5.56 Å². The molecular formula is C18H19ClN6O3Se. The Morgan fingerprint density at radius 1 is 1.28 bits per heavy atom. The van der Waals surface area contributed by atoms with Gasteiger partial charge in [-0.15, -0.1) is 0 Å². The molecule has 2 aromatic heterocycles. The van der Waals surface area contributed by atoms with E-state index in [0.29, 0.717) is 28.5 Å². The van der Waals surface area contributed by atoms with E-state index >= 15 is 0 Å². The molecule has 3 heterocycles. The van der Waals surface area contributed by atoms with Gasteiger partial charge in [0.2, 0.25) is 0 Å². The molecule has 11 heteroatoms. The Kier molecular flexibility index (Phi) is 5.71. The van der Waals surface area contributed by atoms with Crippen molar-refractivity contribution in [2.45, 2.75) is 28.5 Å². The zero-order chi connectivity index (χ0) is 20.5. The van der Waals surface area contributed by atoms with Crippen molar-refractivity contribution in [1.29, 1.82) is 0 Å². The average molecular weight is 482 g/mol.